The number of nitrogens with one attached hydrogen (secondary N) is 2. The number of anilines is 1. The number of halogens is 4. The average Bonchev–Trinajstić information content (AvgIpc) is 3.14. The van der Waals surface area contributed by atoms with E-state index in [2.05, 4.69) is 15.6 Å². The molecule has 0 aromatic carbocycles. The zero-order valence-electron chi connectivity index (χ0n) is 16.9. The number of aromatic nitrogens is 1. The number of fused-ring (bicyclic) bond motifs is 1. The van der Waals surface area contributed by atoms with Gasteiger partial charge in [0.15, 0.2) is 6.17 Å². The molecule has 2 saturated heterocycles. The molecule has 4 rings (SSSR count). The molecule has 2 aliphatic heterocycles. The molecule has 4 heterocycles. The Kier molecular flexibility index (Phi) is 6.12. The SMILES string of the molecule is CNC(=O)c1csc2c(C(F)(F)F)cc(N3CC[C@@H](OC(=O)NC4COC4)[C@H](F)C3)nc12. The number of pyridine rings is 1. The first-order chi connectivity index (χ1) is 15.2. The summed E-state index contributed by atoms with van der Waals surface area (Å²) in [4.78, 5) is 29.6. The number of carbonyl (C=O) groups is 2. The van der Waals surface area contributed by atoms with Gasteiger partial charge in [-0.2, -0.15) is 13.2 Å². The maximum Gasteiger partial charge on any atom is 0.417 e. The summed E-state index contributed by atoms with van der Waals surface area (Å²) in [6, 6.07) is 0.696. The summed E-state index contributed by atoms with van der Waals surface area (Å²) in [5, 5.41) is 6.25. The van der Waals surface area contributed by atoms with Crippen LogP contribution in [0.1, 0.15) is 22.3 Å². The maximum absolute atomic E-state index is 14.7. The van der Waals surface area contributed by atoms with Gasteiger partial charge in [-0.3, -0.25) is 4.79 Å². The zero-order chi connectivity index (χ0) is 23.0. The van der Waals surface area contributed by atoms with Crippen LogP contribution in [-0.2, 0) is 15.7 Å². The fourth-order valence-corrected chi connectivity index (χ4v) is 4.57. The van der Waals surface area contributed by atoms with Crippen LogP contribution in [0.2, 0.25) is 0 Å². The van der Waals surface area contributed by atoms with Crippen molar-refractivity contribution < 1.29 is 36.6 Å². The molecule has 174 valence electrons. The number of alkyl carbamates (subject to hydrolysis) is 1. The van der Waals surface area contributed by atoms with Crippen molar-refractivity contribution in [2.24, 2.45) is 0 Å². The number of nitrogens with zero attached hydrogens (tertiary/aromatic N) is 2. The number of ether oxygens (including phenoxy) is 2. The van der Waals surface area contributed by atoms with Crippen LogP contribution in [0.15, 0.2) is 11.4 Å². The van der Waals surface area contributed by atoms with Crippen LogP contribution < -0.4 is 15.5 Å². The lowest BCUT2D eigenvalue weighted by Gasteiger charge is -2.35. The van der Waals surface area contributed by atoms with Gasteiger partial charge in [-0.25, -0.2) is 14.2 Å². The molecular formula is C19H20F4N4O4S. The Hall–Kier alpha value is -2.67. The molecule has 32 heavy (non-hydrogen) atoms. The van der Waals surface area contributed by atoms with Crippen LogP contribution in [0.5, 0.6) is 0 Å². The summed E-state index contributed by atoms with van der Waals surface area (Å²) < 4.78 is 65.7. The minimum Gasteiger partial charge on any atom is -0.443 e. The third-order valence-corrected chi connectivity index (χ3v) is 6.31. The number of piperidine rings is 1. The first-order valence-corrected chi connectivity index (χ1v) is 10.7. The molecule has 13 heteroatoms. The van der Waals surface area contributed by atoms with E-state index >= 15 is 0 Å². The van der Waals surface area contributed by atoms with Crippen molar-refractivity contribution in [1.82, 2.24) is 15.6 Å². The van der Waals surface area contributed by atoms with Crippen LogP contribution in [-0.4, -0.2) is 68.7 Å². The van der Waals surface area contributed by atoms with E-state index < -0.39 is 36.0 Å². The summed E-state index contributed by atoms with van der Waals surface area (Å²) in [7, 11) is 1.37. The van der Waals surface area contributed by atoms with Crippen molar-refractivity contribution >= 4 is 39.4 Å². The van der Waals surface area contributed by atoms with Crippen LogP contribution in [0.4, 0.5) is 28.2 Å². The Morgan fingerprint density at radius 1 is 1.34 bits per heavy atom. The lowest BCUT2D eigenvalue weighted by molar-refractivity contribution is -0.136. The highest BCUT2D eigenvalue weighted by molar-refractivity contribution is 7.17. The molecule has 2 fully saturated rings. The highest BCUT2D eigenvalue weighted by atomic mass is 32.1. The van der Waals surface area contributed by atoms with E-state index in [9.17, 15) is 27.2 Å². The lowest BCUT2D eigenvalue weighted by Crippen LogP contribution is -2.52. The third-order valence-electron chi connectivity index (χ3n) is 5.31. The third kappa shape index (κ3) is 4.44. The summed E-state index contributed by atoms with van der Waals surface area (Å²) in [6.45, 7) is 0.547. The standard InChI is InChI=1S/C19H20F4N4O4S/c1-24-17(28)10-8-32-16-11(19(21,22)23)4-14(26-15(10)16)27-3-2-13(12(20)5-27)31-18(29)25-9-6-30-7-9/h4,8-9,12-13H,2-3,5-7H2,1H3,(H,24,28)(H,25,29)/t12-,13-/m1/s1. The van der Waals surface area contributed by atoms with E-state index in [0.717, 1.165) is 17.4 Å². The van der Waals surface area contributed by atoms with Crippen molar-refractivity contribution in [3.05, 3.63) is 22.6 Å². The minimum absolute atomic E-state index is 0.0199. The van der Waals surface area contributed by atoms with Crippen LogP contribution in [0, 0.1) is 0 Å². The van der Waals surface area contributed by atoms with E-state index in [-0.39, 0.29) is 47.2 Å². The number of thiophene rings is 1. The molecule has 2 aromatic heterocycles. The zero-order valence-corrected chi connectivity index (χ0v) is 17.7. The molecule has 2 aliphatic rings. The largest absolute Gasteiger partial charge is 0.443 e. The molecule has 2 atom stereocenters. The van der Waals surface area contributed by atoms with Gasteiger partial charge < -0.3 is 25.0 Å². The van der Waals surface area contributed by atoms with Gasteiger partial charge >= 0.3 is 12.3 Å². The molecule has 0 saturated carbocycles. The van der Waals surface area contributed by atoms with Crippen molar-refractivity contribution in [3.8, 4) is 0 Å². The second-order valence-electron chi connectivity index (χ2n) is 7.51. The smallest absolute Gasteiger partial charge is 0.417 e. The number of rotatable bonds is 4. The van der Waals surface area contributed by atoms with Gasteiger partial charge in [-0.15, -0.1) is 11.3 Å². The van der Waals surface area contributed by atoms with E-state index in [4.69, 9.17) is 9.47 Å². The van der Waals surface area contributed by atoms with E-state index in [1.807, 2.05) is 0 Å². The van der Waals surface area contributed by atoms with Gasteiger partial charge in [0, 0.05) is 25.4 Å². The molecular weight excluding hydrogens is 456 g/mol. The van der Waals surface area contributed by atoms with Crippen molar-refractivity contribution in [1.29, 1.82) is 0 Å². The van der Waals surface area contributed by atoms with Gasteiger partial charge in [0.25, 0.3) is 5.91 Å². The van der Waals surface area contributed by atoms with Crippen LogP contribution in [0.3, 0.4) is 0 Å². The Labute approximate surface area is 183 Å². The number of hydrogen-bond donors (Lipinski definition) is 2. The fourth-order valence-electron chi connectivity index (χ4n) is 3.54. The van der Waals surface area contributed by atoms with E-state index in [1.54, 1.807) is 0 Å². The Morgan fingerprint density at radius 3 is 2.69 bits per heavy atom. The summed E-state index contributed by atoms with van der Waals surface area (Å²) >= 11 is 0.776. The summed E-state index contributed by atoms with van der Waals surface area (Å²) in [5.41, 5.74) is -1.00. The number of hydrogen-bond acceptors (Lipinski definition) is 7. The van der Waals surface area contributed by atoms with Gasteiger partial charge in [-0.05, 0) is 6.07 Å². The summed E-state index contributed by atoms with van der Waals surface area (Å²) in [5.74, 6) is -0.655. The molecule has 0 bridgehead atoms. The predicted molar refractivity (Wildman–Crippen MR) is 108 cm³/mol. The molecule has 2 amide bonds. The van der Waals surface area contributed by atoms with Crippen molar-refractivity contribution in [3.63, 3.8) is 0 Å². The quantitative estimate of drug-likeness (QED) is 0.660. The topological polar surface area (TPSA) is 92.8 Å². The van der Waals surface area contributed by atoms with Gasteiger partial charge in [-0.1, -0.05) is 0 Å². The molecule has 0 aliphatic carbocycles. The first kappa shape index (κ1) is 22.5. The molecule has 0 radical (unpaired) electrons. The number of carbonyl (C=O) groups excluding carboxylic acids is 2. The normalized spacial score (nSPS) is 21.8. The van der Waals surface area contributed by atoms with Gasteiger partial charge in [0.05, 0.1) is 47.1 Å². The van der Waals surface area contributed by atoms with Crippen molar-refractivity contribution in [2.45, 2.75) is 30.9 Å². The van der Waals surface area contributed by atoms with Crippen LogP contribution >= 0.6 is 11.3 Å². The molecule has 8 nitrogen and oxygen atoms in total. The second-order valence-corrected chi connectivity index (χ2v) is 8.38. The maximum atomic E-state index is 14.7. The van der Waals surface area contributed by atoms with E-state index in [0.29, 0.717) is 13.2 Å². The Balaban J connectivity index is 1.55. The Morgan fingerprint density at radius 2 is 2.09 bits per heavy atom. The molecule has 2 aromatic rings. The number of amides is 2. The predicted octanol–water partition coefficient (Wildman–Crippen LogP) is 2.72. The highest BCUT2D eigenvalue weighted by Crippen LogP contribution is 2.40. The Bertz CT molecular complexity index is 1030. The summed E-state index contributed by atoms with van der Waals surface area (Å²) in [6.07, 6.45) is -8.02. The molecule has 2 N–H and O–H groups in total. The van der Waals surface area contributed by atoms with Crippen LogP contribution in [0.25, 0.3) is 10.2 Å². The minimum atomic E-state index is -4.68. The van der Waals surface area contributed by atoms with Gasteiger partial charge in [0.1, 0.15) is 11.9 Å². The highest BCUT2D eigenvalue weighted by Gasteiger charge is 2.38. The first-order valence-electron chi connectivity index (χ1n) is 9.82. The molecule has 0 unspecified atom stereocenters. The average molecular weight is 476 g/mol. The van der Waals surface area contributed by atoms with Gasteiger partial charge in [0.2, 0.25) is 0 Å². The second kappa shape index (κ2) is 8.70. The van der Waals surface area contributed by atoms with E-state index in [1.165, 1.54) is 17.3 Å². The molecule has 0 spiro atoms. The van der Waals surface area contributed by atoms with Crippen molar-refractivity contribution in [2.75, 3.05) is 38.3 Å². The monoisotopic (exact) mass is 476 g/mol. The number of alkyl halides is 4. The lowest BCUT2D eigenvalue weighted by atomic mass is 10.1. The fraction of sp³-hybridized carbons (Fsp3) is 0.526.